The molecule has 0 aliphatic rings. The second kappa shape index (κ2) is 6.23. The summed E-state index contributed by atoms with van der Waals surface area (Å²) >= 11 is 3.22. The van der Waals surface area contributed by atoms with Gasteiger partial charge < -0.3 is 20.0 Å². The average Bonchev–Trinajstić information content (AvgIpc) is 2.86. The first-order valence-electron chi connectivity index (χ1n) is 5.93. The van der Waals surface area contributed by atoms with Gasteiger partial charge >= 0.3 is 0 Å². The molecule has 1 aromatic heterocycles. The van der Waals surface area contributed by atoms with Crippen molar-refractivity contribution in [3.05, 3.63) is 52.4 Å². The Balaban J connectivity index is 2.33. The standard InChI is InChI=1S/C14H16BrNO3/c1-18-11-5-3-2-4-9(11)10(8-16)14(17)12-6-7-13(15)19-12/h2-7,10,14,17H,8,16H2,1H3. The van der Waals surface area contributed by atoms with Gasteiger partial charge in [0, 0.05) is 18.0 Å². The van der Waals surface area contributed by atoms with Gasteiger partial charge in [-0.2, -0.15) is 0 Å². The van der Waals surface area contributed by atoms with Gasteiger partial charge in [-0.3, -0.25) is 0 Å². The Labute approximate surface area is 120 Å². The molecule has 0 amide bonds. The summed E-state index contributed by atoms with van der Waals surface area (Å²) in [6.07, 6.45) is -0.812. The van der Waals surface area contributed by atoms with Gasteiger partial charge in [0.1, 0.15) is 17.6 Å². The Hall–Kier alpha value is -1.30. The first kappa shape index (κ1) is 14.1. The summed E-state index contributed by atoms with van der Waals surface area (Å²) in [4.78, 5) is 0. The number of aliphatic hydroxyl groups excluding tert-OH is 1. The summed E-state index contributed by atoms with van der Waals surface area (Å²) in [5.74, 6) is 0.907. The lowest BCUT2D eigenvalue weighted by molar-refractivity contribution is 0.119. The molecule has 0 radical (unpaired) electrons. The van der Waals surface area contributed by atoms with Crippen molar-refractivity contribution in [2.45, 2.75) is 12.0 Å². The summed E-state index contributed by atoms with van der Waals surface area (Å²) < 4.78 is 11.3. The van der Waals surface area contributed by atoms with E-state index in [1.54, 1.807) is 19.2 Å². The van der Waals surface area contributed by atoms with Crippen LogP contribution in [0.25, 0.3) is 0 Å². The number of rotatable bonds is 5. The summed E-state index contributed by atoms with van der Waals surface area (Å²) in [7, 11) is 1.60. The van der Waals surface area contributed by atoms with Gasteiger partial charge in [-0.05, 0) is 34.1 Å². The Morgan fingerprint density at radius 3 is 2.63 bits per heavy atom. The van der Waals surface area contributed by atoms with Crippen molar-refractivity contribution in [2.24, 2.45) is 5.73 Å². The molecule has 0 aliphatic carbocycles. The van der Waals surface area contributed by atoms with E-state index in [1.807, 2.05) is 24.3 Å². The molecule has 0 saturated heterocycles. The van der Waals surface area contributed by atoms with E-state index < -0.39 is 6.10 Å². The number of ether oxygens (including phenoxy) is 1. The molecule has 0 saturated carbocycles. The molecule has 4 nitrogen and oxygen atoms in total. The highest BCUT2D eigenvalue weighted by atomic mass is 79.9. The number of nitrogens with two attached hydrogens (primary N) is 1. The van der Waals surface area contributed by atoms with Crippen molar-refractivity contribution in [3.63, 3.8) is 0 Å². The molecule has 0 bridgehead atoms. The van der Waals surface area contributed by atoms with Gasteiger partial charge in [0.2, 0.25) is 0 Å². The Kier molecular flexibility index (Phi) is 4.63. The largest absolute Gasteiger partial charge is 0.496 e. The fraction of sp³-hybridized carbons (Fsp3) is 0.286. The summed E-state index contributed by atoms with van der Waals surface area (Å²) in [5, 5.41) is 10.4. The fourth-order valence-corrected chi connectivity index (χ4v) is 2.40. The molecule has 2 atom stereocenters. The van der Waals surface area contributed by atoms with Crippen molar-refractivity contribution < 1.29 is 14.3 Å². The first-order chi connectivity index (χ1) is 9.17. The Bertz CT molecular complexity index is 541. The predicted octanol–water partition coefficient (Wildman–Crippen LogP) is 2.83. The molecule has 19 heavy (non-hydrogen) atoms. The maximum Gasteiger partial charge on any atom is 0.169 e. The molecule has 2 rings (SSSR count). The van der Waals surface area contributed by atoms with Crippen LogP contribution in [0, 0.1) is 0 Å². The smallest absolute Gasteiger partial charge is 0.169 e. The molecular formula is C14H16BrNO3. The topological polar surface area (TPSA) is 68.6 Å². The number of hydrogen-bond donors (Lipinski definition) is 2. The highest BCUT2D eigenvalue weighted by molar-refractivity contribution is 9.10. The zero-order valence-corrected chi connectivity index (χ0v) is 12.1. The van der Waals surface area contributed by atoms with E-state index in [4.69, 9.17) is 14.9 Å². The van der Waals surface area contributed by atoms with Crippen LogP contribution in [0.3, 0.4) is 0 Å². The second-order valence-electron chi connectivity index (χ2n) is 4.17. The Morgan fingerprint density at radius 1 is 1.32 bits per heavy atom. The molecule has 2 aromatic rings. The number of benzene rings is 1. The minimum atomic E-state index is -0.812. The predicted molar refractivity (Wildman–Crippen MR) is 76.2 cm³/mol. The molecule has 2 unspecified atom stereocenters. The van der Waals surface area contributed by atoms with Crippen LogP contribution in [-0.4, -0.2) is 18.8 Å². The molecular weight excluding hydrogens is 310 g/mol. The van der Waals surface area contributed by atoms with Gasteiger partial charge in [-0.15, -0.1) is 0 Å². The van der Waals surface area contributed by atoms with Crippen LogP contribution in [0.1, 0.15) is 23.3 Å². The molecule has 3 N–H and O–H groups in total. The van der Waals surface area contributed by atoms with Gasteiger partial charge in [0.25, 0.3) is 0 Å². The summed E-state index contributed by atoms with van der Waals surface area (Å²) in [6, 6.07) is 11.0. The molecule has 1 aromatic carbocycles. The van der Waals surface area contributed by atoms with E-state index in [0.717, 1.165) is 5.56 Å². The molecule has 5 heteroatoms. The highest BCUT2D eigenvalue weighted by Crippen LogP contribution is 2.36. The number of furan rings is 1. The van der Waals surface area contributed by atoms with E-state index in [0.29, 0.717) is 22.7 Å². The molecule has 0 spiro atoms. The van der Waals surface area contributed by atoms with Crippen LogP contribution in [0.5, 0.6) is 5.75 Å². The molecule has 0 aliphatic heterocycles. The first-order valence-corrected chi connectivity index (χ1v) is 6.73. The third-order valence-electron chi connectivity index (χ3n) is 3.06. The minimum absolute atomic E-state index is 0.283. The van der Waals surface area contributed by atoms with Crippen molar-refractivity contribution in [2.75, 3.05) is 13.7 Å². The van der Waals surface area contributed by atoms with Crippen molar-refractivity contribution >= 4 is 15.9 Å². The zero-order chi connectivity index (χ0) is 13.8. The minimum Gasteiger partial charge on any atom is -0.496 e. The van der Waals surface area contributed by atoms with Crippen molar-refractivity contribution in [1.82, 2.24) is 0 Å². The Morgan fingerprint density at radius 2 is 2.05 bits per heavy atom. The van der Waals surface area contributed by atoms with Crippen molar-refractivity contribution in [1.29, 1.82) is 0 Å². The average molecular weight is 326 g/mol. The maximum atomic E-state index is 10.4. The van der Waals surface area contributed by atoms with E-state index in [9.17, 15) is 5.11 Å². The van der Waals surface area contributed by atoms with Crippen LogP contribution >= 0.6 is 15.9 Å². The SMILES string of the molecule is COc1ccccc1C(CN)C(O)c1ccc(Br)o1. The van der Waals surface area contributed by atoms with E-state index in [1.165, 1.54) is 0 Å². The van der Waals surface area contributed by atoms with E-state index in [2.05, 4.69) is 15.9 Å². The second-order valence-corrected chi connectivity index (χ2v) is 4.95. The number of aliphatic hydroxyl groups is 1. The van der Waals surface area contributed by atoms with E-state index >= 15 is 0 Å². The highest BCUT2D eigenvalue weighted by Gasteiger charge is 2.26. The lowest BCUT2D eigenvalue weighted by Crippen LogP contribution is -2.20. The van der Waals surface area contributed by atoms with E-state index in [-0.39, 0.29) is 5.92 Å². The lowest BCUT2D eigenvalue weighted by Gasteiger charge is -2.22. The third-order valence-corrected chi connectivity index (χ3v) is 3.49. The quantitative estimate of drug-likeness (QED) is 0.886. The van der Waals surface area contributed by atoms with Gasteiger partial charge in [0.15, 0.2) is 4.67 Å². The van der Waals surface area contributed by atoms with Crippen LogP contribution in [0.15, 0.2) is 45.5 Å². The monoisotopic (exact) mass is 325 g/mol. The number of halogens is 1. The lowest BCUT2D eigenvalue weighted by atomic mass is 9.91. The van der Waals surface area contributed by atoms with Crippen LogP contribution in [-0.2, 0) is 0 Å². The third kappa shape index (κ3) is 3.00. The zero-order valence-electron chi connectivity index (χ0n) is 10.5. The van der Waals surface area contributed by atoms with Crippen LogP contribution < -0.4 is 10.5 Å². The van der Waals surface area contributed by atoms with Crippen LogP contribution in [0.4, 0.5) is 0 Å². The summed E-state index contributed by atoms with van der Waals surface area (Å²) in [5.41, 5.74) is 6.67. The van der Waals surface area contributed by atoms with Gasteiger partial charge in [0.05, 0.1) is 7.11 Å². The van der Waals surface area contributed by atoms with Crippen LogP contribution in [0.2, 0.25) is 0 Å². The van der Waals surface area contributed by atoms with Gasteiger partial charge in [-0.1, -0.05) is 18.2 Å². The fourth-order valence-electron chi connectivity index (χ4n) is 2.08. The maximum absolute atomic E-state index is 10.4. The number of hydrogen-bond acceptors (Lipinski definition) is 4. The molecule has 1 heterocycles. The van der Waals surface area contributed by atoms with Gasteiger partial charge in [-0.25, -0.2) is 0 Å². The molecule has 0 fully saturated rings. The summed E-state index contributed by atoms with van der Waals surface area (Å²) in [6.45, 7) is 0.292. The van der Waals surface area contributed by atoms with Crippen molar-refractivity contribution in [3.8, 4) is 5.75 Å². The number of para-hydroxylation sites is 1. The normalized spacial score (nSPS) is 14.1. The number of methoxy groups -OCH3 is 1. The molecule has 102 valence electrons.